The van der Waals surface area contributed by atoms with Gasteiger partial charge < -0.3 is 9.47 Å². The molecule has 0 aliphatic heterocycles. The number of carbonyl (C=O) groups is 1. The third kappa shape index (κ3) is 3.45. The Bertz CT molecular complexity index is 589. The molecule has 1 heterocycles. The van der Waals surface area contributed by atoms with Gasteiger partial charge in [0.15, 0.2) is 0 Å². The molecule has 0 atom stereocenters. The van der Waals surface area contributed by atoms with Gasteiger partial charge in [0, 0.05) is 41.0 Å². The maximum absolute atomic E-state index is 12.3. The number of halogens is 2. The summed E-state index contributed by atoms with van der Waals surface area (Å²) in [5, 5.41) is 0. The molecule has 100 valence electrons. The number of benzene rings is 1. The van der Waals surface area contributed by atoms with Crippen molar-refractivity contribution in [3.63, 3.8) is 0 Å². The number of hydrogen-bond donors (Lipinski definition) is 0. The molecule has 0 unspecified atom stereocenters. The Kier molecular flexibility index (Phi) is 4.42. The standard InChI is InChI=1S/C13H13Br2N3O/c1-17-4-3-16-12(17)8-18(2)13(19)9-5-10(14)7-11(15)6-9/h3-7H,8H2,1-2H3. The van der Waals surface area contributed by atoms with Crippen LogP contribution in [-0.4, -0.2) is 27.4 Å². The van der Waals surface area contributed by atoms with Crippen molar-refractivity contribution in [1.29, 1.82) is 0 Å². The third-order valence-corrected chi connectivity index (χ3v) is 3.67. The Hall–Kier alpha value is -1.14. The topological polar surface area (TPSA) is 38.1 Å². The summed E-state index contributed by atoms with van der Waals surface area (Å²) in [5.41, 5.74) is 0.637. The van der Waals surface area contributed by atoms with Crippen molar-refractivity contribution < 1.29 is 4.79 Å². The van der Waals surface area contributed by atoms with E-state index in [2.05, 4.69) is 36.8 Å². The number of aryl methyl sites for hydroxylation is 1. The first-order valence-corrected chi connectivity index (χ1v) is 7.23. The second kappa shape index (κ2) is 5.88. The highest BCUT2D eigenvalue weighted by Gasteiger charge is 2.14. The fourth-order valence-corrected chi connectivity index (χ4v) is 3.02. The quantitative estimate of drug-likeness (QED) is 0.812. The molecular formula is C13H13Br2N3O. The highest BCUT2D eigenvalue weighted by Crippen LogP contribution is 2.21. The van der Waals surface area contributed by atoms with E-state index in [-0.39, 0.29) is 5.91 Å². The van der Waals surface area contributed by atoms with Gasteiger partial charge in [0.05, 0.1) is 6.54 Å². The summed E-state index contributed by atoms with van der Waals surface area (Å²) in [5.74, 6) is 0.815. The van der Waals surface area contributed by atoms with E-state index < -0.39 is 0 Å². The Morgan fingerprint density at radius 2 is 1.95 bits per heavy atom. The highest BCUT2D eigenvalue weighted by molar-refractivity contribution is 9.11. The minimum absolute atomic E-state index is 0.0370. The van der Waals surface area contributed by atoms with E-state index in [1.807, 2.05) is 36.0 Å². The first-order chi connectivity index (χ1) is 8.97. The lowest BCUT2D eigenvalue weighted by atomic mass is 10.2. The molecule has 1 aromatic heterocycles. The molecule has 0 spiro atoms. The molecule has 19 heavy (non-hydrogen) atoms. The van der Waals surface area contributed by atoms with Crippen molar-refractivity contribution in [2.45, 2.75) is 6.54 Å². The molecule has 6 heteroatoms. The van der Waals surface area contributed by atoms with Crippen LogP contribution in [0.5, 0.6) is 0 Å². The summed E-state index contributed by atoms with van der Waals surface area (Å²) in [6.07, 6.45) is 3.59. The molecule has 0 aliphatic rings. The molecular weight excluding hydrogens is 374 g/mol. The minimum atomic E-state index is -0.0370. The monoisotopic (exact) mass is 385 g/mol. The maximum atomic E-state index is 12.3. The molecule has 2 rings (SSSR count). The highest BCUT2D eigenvalue weighted by atomic mass is 79.9. The summed E-state index contributed by atoms with van der Waals surface area (Å²) in [4.78, 5) is 18.2. The van der Waals surface area contributed by atoms with E-state index >= 15 is 0 Å². The van der Waals surface area contributed by atoms with Gasteiger partial charge in [-0.2, -0.15) is 0 Å². The Balaban J connectivity index is 2.17. The Morgan fingerprint density at radius 3 is 2.47 bits per heavy atom. The van der Waals surface area contributed by atoms with Crippen LogP contribution in [-0.2, 0) is 13.6 Å². The first kappa shape index (κ1) is 14.3. The molecule has 1 amide bonds. The van der Waals surface area contributed by atoms with Crippen LogP contribution >= 0.6 is 31.9 Å². The van der Waals surface area contributed by atoms with Gasteiger partial charge in [-0.3, -0.25) is 4.79 Å². The van der Waals surface area contributed by atoms with E-state index in [1.165, 1.54) is 0 Å². The van der Waals surface area contributed by atoms with Crippen molar-refractivity contribution in [3.8, 4) is 0 Å². The second-order valence-corrected chi connectivity index (χ2v) is 6.11. The van der Waals surface area contributed by atoms with Crippen LogP contribution in [0.25, 0.3) is 0 Å². The van der Waals surface area contributed by atoms with Crippen molar-refractivity contribution in [2.24, 2.45) is 7.05 Å². The van der Waals surface area contributed by atoms with Crippen LogP contribution in [0.2, 0.25) is 0 Å². The van der Waals surface area contributed by atoms with Gasteiger partial charge in [-0.1, -0.05) is 31.9 Å². The summed E-state index contributed by atoms with van der Waals surface area (Å²) in [6, 6.07) is 5.51. The van der Waals surface area contributed by atoms with Crippen LogP contribution in [0.1, 0.15) is 16.2 Å². The predicted molar refractivity (Wildman–Crippen MR) is 80.8 cm³/mol. The van der Waals surface area contributed by atoms with E-state index in [4.69, 9.17) is 0 Å². The first-order valence-electron chi connectivity index (χ1n) is 5.65. The van der Waals surface area contributed by atoms with E-state index in [9.17, 15) is 4.79 Å². The largest absolute Gasteiger partial charge is 0.337 e. The predicted octanol–water partition coefficient (Wildman–Crippen LogP) is 3.22. The lowest BCUT2D eigenvalue weighted by Crippen LogP contribution is -2.27. The van der Waals surface area contributed by atoms with Crippen molar-refractivity contribution >= 4 is 37.8 Å². The van der Waals surface area contributed by atoms with Gasteiger partial charge in [-0.15, -0.1) is 0 Å². The van der Waals surface area contributed by atoms with Crippen molar-refractivity contribution in [3.05, 3.63) is 50.9 Å². The lowest BCUT2D eigenvalue weighted by molar-refractivity contribution is 0.0780. The zero-order chi connectivity index (χ0) is 14.0. The van der Waals surface area contributed by atoms with Gasteiger partial charge in [0.25, 0.3) is 5.91 Å². The SMILES string of the molecule is CN(Cc1nccn1C)C(=O)c1cc(Br)cc(Br)c1. The summed E-state index contributed by atoms with van der Waals surface area (Å²) in [7, 11) is 3.68. The normalized spacial score (nSPS) is 10.5. The molecule has 0 saturated heterocycles. The molecule has 0 bridgehead atoms. The maximum Gasteiger partial charge on any atom is 0.254 e. The summed E-state index contributed by atoms with van der Waals surface area (Å²) >= 11 is 6.77. The number of amides is 1. The summed E-state index contributed by atoms with van der Waals surface area (Å²) < 4.78 is 3.65. The third-order valence-electron chi connectivity index (χ3n) is 2.76. The number of aromatic nitrogens is 2. The van der Waals surface area contributed by atoms with Crippen LogP contribution in [0.3, 0.4) is 0 Å². The number of imidazole rings is 1. The van der Waals surface area contributed by atoms with Crippen LogP contribution in [0.4, 0.5) is 0 Å². The molecule has 0 fully saturated rings. The van der Waals surface area contributed by atoms with Gasteiger partial charge >= 0.3 is 0 Å². The van der Waals surface area contributed by atoms with Crippen LogP contribution < -0.4 is 0 Å². The zero-order valence-electron chi connectivity index (χ0n) is 10.6. The number of rotatable bonds is 3. The smallest absolute Gasteiger partial charge is 0.254 e. The molecule has 2 aromatic rings. The van der Waals surface area contributed by atoms with Crippen LogP contribution in [0, 0.1) is 0 Å². The van der Waals surface area contributed by atoms with Crippen molar-refractivity contribution in [1.82, 2.24) is 14.5 Å². The Labute approximate surface area is 128 Å². The van der Waals surface area contributed by atoms with Crippen molar-refractivity contribution in [2.75, 3.05) is 7.05 Å². The van der Waals surface area contributed by atoms with E-state index in [1.54, 1.807) is 18.1 Å². The summed E-state index contributed by atoms with van der Waals surface area (Å²) in [6.45, 7) is 0.479. The molecule has 4 nitrogen and oxygen atoms in total. The number of hydrogen-bond acceptors (Lipinski definition) is 2. The van der Waals surface area contributed by atoms with Gasteiger partial charge in [-0.05, 0) is 18.2 Å². The van der Waals surface area contributed by atoms with E-state index in [0.29, 0.717) is 12.1 Å². The fraction of sp³-hybridized carbons (Fsp3) is 0.231. The average molecular weight is 387 g/mol. The van der Waals surface area contributed by atoms with Gasteiger partial charge in [0.1, 0.15) is 5.82 Å². The lowest BCUT2D eigenvalue weighted by Gasteiger charge is -2.17. The molecule has 0 radical (unpaired) electrons. The average Bonchev–Trinajstić information content (AvgIpc) is 2.72. The molecule has 0 aliphatic carbocycles. The Morgan fingerprint density at radius 1 is 1.32 bits per heavy atom. The second-order valence-electron chi connectivity index (χ2n) is 4.27. The van der Waals surface area contributed by atoms with Gasteiger partial charge in [-0.25, -0.2) is 4.98 Å². The van der Waals surface area contributed by atoms with Crippen LogP contribution in [0.15, 0.2) is 39.5 Å². The number of nitrogens with zero attached hydrogens (tertiary/aromatic N) is 3. The minimum Gasteiger partial charge on any atom is -0.337 e. The zero-order valence-corrected chi connectivity index (χ0v) is 13.8. The molecule has 0 N–H and O–H groups in total. The van der Waals surface area contributed by atoms with Gasteiger partial charge in [0.2, 0.25) is 0 Å². The van der Waals surface area contributed by atoms with E-state index in [0.717, 1.165) is 14.8 Å². The molecule has 0 saturated carbocycles. The fourth-order valence-electron chi connectivity index (χ4n) is 1.73. The molecule has 1 aromatic carbocycles. The number of carbonyl (C=O) groups excluding carboxylic acids is 1.